The zero-order chi connectivity index (χ0) is 37.3. The average molecular weight is 714 g/mol. The highest BCUT2D eigenvalue weighted by atomic mass is 14.9. The highest BCUT2D eigenvalue weighted by Crippen LogP contribution is 2.40. The molecule has 0 fully saturated rings. The zero-order valence-electron chi connectivity index (χ0n) is 30.5. The van der Waals surface area contributed by atoms with Gasteiger partial charge in [-0.25, -0.2) is 15.0 Å². The molecular weight excluding hydrogens is 679 g/mol. The minimum atomic E-state index is 0.673. The average Bonchev–Trinajstić information content (AvgIpc) is 3.29. The van der Waals surface area contributed by atoms with Crippen molar-refractivity contribution in [1.29, 1.82) is 0 Å². The van der Waals surface area contributed by atoms with Crippen LogP contribution in [-0.4, -0.2) is 15.0 Å². The maximum absolute atomic E-state index is 5.39. The van der Waals surface area contributed by atoms with Gasteiger partial charge in [0.25, 0.3) is 0 Å². The molecule has 0 bridgehead atoms. The third kappa shape index (κ3) is 6.31. The van der Waals surface area contributed by atoms with Crippen LogP contribution in [-0.2, 0) is 0 Å². The van der Waals surface area contributed by atoms with Gasteiger partial charge in [0.15, 0.2) is 5.82 Å². The molecule has 56 heavy (non-hydrogen) atoms. The first-order valence-corrected chi connectivity index (χ1v) is 18.9. The summed E-state index contributed by atoms with van der Waals surface area (Å²) in [5.74, 6) is 0.673. The number of nitrogens with zero attached hydrogens (tertiary/aromatic N) is 3. The molecule has 0 N–H and O–H groups in total. The Hall–Kier alpha value is -7.49. The van der Waals surface area contributed by atoms with Gasteiger partial charge in [-0.15, -0.1) is 0 Å². The van der Waals surface area contributed by atoms with Crippen LogP contribution in [0.1, 0.15) is 0 Å². The molecule has 0 unspecified atom stereocenters. The Morgan fingerprint density at radius 2 is 0.732 bits per heavy atom. The lowest BCUT2D eigenvalue weighted by Gasteiger charge is -2.15. The van der Waals surface area contributed by atoms with E-state index in [0.29, 0.717) is 5.82 Å². The fourth-order valence-electron chi connectivity index (χ4n) is 7.67. The van der Waals surface area contributed by atoms with Gasteiger partial charge in [-0.05, 0) is 45.5 Å². The molecule has 0 saturated carbocycles. The molecule has 262 valence electrons. The van der Waals surface area contributed by atoms with Crippen LogP contribution in [0.3, 0.4) is 0 Å². The van der Waals surface area contributed by atoms with Crippen LogP contribution in [0, 0.1) is 0 Å². The molecule has 10 aromatic rings. The third-order valence-electron chi connectivity index (χ3n) is 10.5. The summed E-state index contributed by atoms with van der Waals surface area (Å²) in [5, 5.41) is 3.42. The standard InChI is InChI=1S/C53H35N3/c1-5-14-36(15-6-1)38-24-28-41(29-25-38)48-35-49(56-53(55-48)43-30-26-39(27-31-43)37-16-7-2-8-17-37)44-32-33-46-50(34-44)54-52(42-20-11-4-12-21-42)47-23-13-22-45(51(46)47)40-18-9-3-10-19-40/h1-35H. The van der Waals surface area contributed by atoms with E-state index in [2.05, 4.69) is 200 Å². The van der Waals surface area contributed by atoms with E-state index in [0.717, 1.165) is 66.8 Å². The van der Waals surface area contributed by atoms with Gasteiger partial charge in [0.05, 0.1) is 22.6 Å². The monoisotopic (exact) mass is 713 g/mol. The maximum Gasteiger partial charge on any atom is 0.160 e. The summed E-state index contributed by atoms with van der Waals surface area (Å²) in [5.41, 5.74) is 14.7. The van der Waals surface area contributed by atoms with Crippen molar-refractivity contribution >= 4 is 21.7 Å². The molecule has 0 amide bonds. The zero-order valence-corrected chi connectivity index (χ0v) is 30.5. The van der Waals surface area contributed by atoms with E-state index in [1.54, 1.807) is 0 Å². The molecule has 0 aliphatic heterocycles. The quantitative estimate of drug-likeness (QED) is 0.154. The molecule has 0 atom stereocenters. The number of fused-ring (bicyclic) bond motifs is 3. The van der Waals surface area contributed by atoms with E-state index in [4.69, 9.17) is 15.0 Å². The summed E-state index contributed by atoms with van der Waals surface area (Å²) >= 11 is 0. The van der Waals surface area contributed by atoms with Gasteiger partial charge in [-0.2, -0.15) is 0 Å². The van der Waals surface area contributed by atoms with Crippen molar-refractivity contribution in [3.05, 3.63) is 212 Å². The molecule has 0 aliphatic rings. The molecular formula is C53H35N3. The maximum atomic E-state index is 5.39. The van der Waals surface area contributed by atoms with Crippen LogP contribution >= 0.6 is 0 Å². The first-order valence-electron chi connectivity index (χ1n) is 18.9. The summed E-state index contributed by atoms with van der Waals surface area (Å²) in [6, 6.07) is 74.4. The predicted molar refractivity (Wildman–Crippen MR) is 233 cm³/mol. The normalized spacial score (nSPS) is 11.2. The SMILES string of the molecule is c1ccc(-c2ccc(-c3cc(-c4ccc5c(c4)nc(-c4ccccc4)c4cccc(-c6ccccc6)c45)nc(-c4ccc(-c5ccccc5)cc4)n3)cc2)cc1. The van der Waals surface area contributed by atoms with Gasteiger partial charge in [0.2, 0.25) is 0 Å². The van der Waals surface area contributed by atoms with Gasteiger partial charge < -0.3 is 0 Å². The van der Waals surface area contributed by atoms with Gasteiger partial charge in [-0.3, -0.25) is 0 Å². The van der Waals surface area contributed by atoms with Gasteiger partial charge in [-0.1, -0.05) is 200 Å². The van der Waals surface area contributed by atoms with Crippen molar-refractivity contribution in [2.24, 2.45) is 0 Å². The van der Waals surface area contributed by atoms with Crippen molar-refractivity contribution in [3.8, 4) is 78.5 Å². The minimum absolute atomic E-state index is 0.673. The van der Waals surface area contributed by atoms with Crippen molar-refractivity contribution in [2.75, 3.05) is 0 Å². The number of aromatic nitrogens is 3. The number of hydrogen-bond acceptors (Lipinski definition) is 3. The summed E-state index contributed by atoms with van der Waals surface area (Å²) in [4.78, 5) is 15.8. The molecule has 0 spiro atoms. The molecule has 0 saturated heterocycles. The van der Waals surface area contributed by atoms with Crippen LogP contribution in [0.2, 0.25) is 0 Å². The van der Waals surface area contributed by atoms with Gasteiger partial charge >= 0.3 is 0 Å². The van der Waals surface area contributed by atoms with E-state index in [1.807, 2.05) is 12.1 Å². The molecule has 10 rings (SSSR count). The Morgan fingerprint density at radius 3 is 1.32 bits per heavy atom. The van der Waals surface area contributed by atoms with Gasteiger partial charge in [0, 0.05) is 38.4 Å². The van der Waals surface area contributed by atoms with Crippen molar-refractivity contribution < 1.29 is 0 Å². The Kier molecular flexibility index (Phi) is 8.51. The first-order chi connectivity index (χ1) is 27.7. The smallest absolute Gasteiger partial charge is 0.160 e. The van der Waals surface area contributed by atoms with Crippen molar-refractivity contribution in [2.45, 2.75) is 0 Å². The summed E-state index contributed by atoms with van der Waals surface area (Å²) in [6.45, 7) is 0. The summed E-state index contributed by atoms with van der Waals surface area (Å²) in [7, 11) is 0. The van der Waals surface area contributed by atoms with E-state index in [1.165, 1.54) is 27.6 Å². The van der Waals surface area contributed by atoms with Crippen molar-refractivity contribution in [3.63, 3.8) is 0 Å². The van der Waals surface area contributed by atoms with E-state index in [-0.39, 0.29) is 0 Å². The first kappa shape index (κ1) is 33.1. The van der Waals surface area contributed by atoms with Crippen LogP contribution in [0.15, 0.2) is 212 Å². The van der Waals surface area contributed by atoms with Crippen LogP contribution in [0.5, 0.6) is 0 Å². The number of pyridine rings is 1. The number of rotatable bonds is 7. The second kappa shape index (κ2) is 14.4. The number of hydrogen-bond donors (Lipinski definition) is 0. The van der Waals surface area contributed by atoms with Crippen molar-refractivity contribution in [1.82, 2.24) is 15.0 Å². The molecule has 2 aromatic heterocycles. The Labute approximate surface area is 326 Å². The van der Waals surface area contributed by atoms with Crippen LogP contribution < -0.4 is 0 Å². The molecule has 0 aliphatic carbocycles. The lowest BCUT2D eigenvalue weighted by Crippen LogP contribution is -1.97. The third-order valence-corrected chi connectivity index (χ3v) is 10.5. The van der Waals surface area contributed by atoms with Gasteiger partial charge in [0.1, 0.15) is 0 Å². The highest BCUT2D eigenvalue weighted by molar-refractivity contribution is 6.17. The Morgan fingerprint density at radius 1 is 0.268 bits per heavy atom. The summed E-state index contributed by atoms with van der Waals surface area (Å²) in [6.07, 6.45) is 0. The molecule has 8 aromatic carbocycles. The lowest BCUT2D eigenvalue weighted by molar-refractivity contribution is 1.18. The fraction of sp³-hybridized carbons (Fsp3) is 0. The molecule has 3 nitrogen and oxygen atoms in total. The molecule has 0 radical (unpaired) electrons. The molecule has 3 heteroatoms. The Bertz CT molecular complexity index is 2860. The van der Waals surface area contributed by atoms with E-state index in [9.17, 15) is 0 Å². The topological polar surface area (TPSA) is 38.7 Å². The van der Waals surface area contributed by atoms with Crippen LogP contribution in [0.25, 0.3) is 100 Å². The lowest BCUT2D eigenvalue weighted by atomic mass is 9.92. The number of benzene rings is 8. The van der Waals surface area contributed by atoms with E-state index >= 15 is 0 Å². The van der Waals surface area contributed by atoms with Crippen LogP contribution in [0.4, 0.5) is 0 Å². The largest absolute Gasteiger partial charge is 0.247 e. The van der Waals surface area contributed by atoms with E-state index < -0.39 is 0 Å². The second-order valence-corrected chi connectivity index (χ2v) is 14.0. The highest BCUT2D eigenvalue weighted by Gasteiger charge is 2.17. The minimum Gasteiger partial charge on any atom is -0.247 e. The molecule has 2 heterocycles. The summed E-state index contributed by atoms with van der Waals surface area (Å²) < 4.78 is 0. The Balaban J connectivity index is 1.15. The second-order valence-electron chi connectivity index (χ2n) is 14.0. The predicted octanol–water partition coefficient (Wildman–Crippen LogP) is 13.8. The fourth-order valence-corrected chi connectivity index (χ4v) is 7.67.